The van der Waals surface area contributed by atoms with Gasteiger partial charge in [-0.1, -0.05) is 0 Å². The number of carbonyl (C=O) groups is 1. The van der Waals surface area contributed by atoms with Gasteiger partial charge in [0.05, 0.1) is 7.11 Å². The van der Waals surface area contributed by atoms with Crippen molar-refractivity contribution < 1.29 is 9.53 Å². The van der Waals surface area contributed by atoms with E-state index in [9.17, 15) is 9.59 Å². The first-order valence-electron chi connectivity index (χ1n) is 3.69. The first kappa shape index (κ1) is 9.44. The van der Waals surface area contributed by atoms with Gasteiger partial charge in [-0.3, -0.25) is 9.59 Å². The van der Waals surface area contributed by atoms with Crippen LogP contribution in [-0.4, -0.2) is 22.7 Å². The van der Waals surface area contributed by atoms with E-state index in [0.29, 0.717) is 0 Å². The monoisotopic (exact) mass is 182 g/mol. The summed E-state index contributed by atoms with van der Waals surface area (Å²) >= 11 is 0. The first-order valence-corrected chi connectivity index (χ1v) is 3.69. The molecule has 1 aromatic rings. The van der Waals surface area contributed by atoms with Crippen LogP contribution in [0, 0.1) is 0 Å². The zero-order valence-corrected chi connectivity index (χ0v) is 7.70. The number of ketones is 1. The molecule has 0 radical (unpaired) electrons. The molecule has 0 saturated heterocycles. The van der Waals surface area contributed by atoms with Gasteiger partial charge in [0.15, 0.2) is 17.2 Å². The summed E-state index contributed by atoms with van der Waals surface area (Å²) in [6, 6.07) is 1.24. The smallest absolute Gasteiger partial charge is 0.270 e. The maximum atomic E-state index is 11.1. The van der Waals surface area contributed by atoms with Crippen molar-refractivity contribution in [1.82, 2.24) is 9.78 Å². The summed E-state index contributed by atoms with van der Waals surface area (Å²) in [6.07, 6.45) is 0. The predicted molar refractivity (Wildman–Crippen MR) is 46.0 cm³/mol. The van der Waals surface area contributed by atoms with Crippen molar-refractivity contribution in [3.63, 3.8) is 0 Å². The van der Waals surface area contributed by atoms with Gasteiger partial charge < -0.3 is 4.74 Å². The van der Waals surface area contributed by atoms with Crippen LogP contribution in [0.3, 0.4) is 0 Å². The molecule has 0 aliphatic carbocycles. The number of hydrogen-bond acceptors (Lipinski definition) is 4. The number of Topliss-reactive ketones (excluding diaryl/α,β-unsaturated/α-hetero) is 1. The second-order valence-corrected chi connectivity index (χ2v) is 2.58. The maximum Gasteiger partial charge on any atom is 0.270 e. The minimum absolute atomic E-state index is 0.171. The van der Waals surface area contributed by atoms with E-state index in [1.54, 1.807) is 0 Å². The molecule has 0 fully saturated rings. The third-order valence-electron chi connectivity index (χ3n) is 1.61. The molecule has 0 atom stereocenters. The zero-order valence-electron chi connectivity index (χ0n) is 7.70. The number of hydrogen-bond donors (Lipinski definition) is 0. The Morgan fingerprint density at radius 2 is 2.23 bits per heavy atom. The van der Waals surface area contributed by atoms with E-state index in [4.69, 9.17) is 4.74 Å². The SMILES string of the molecule is COc1cc(=O)n(C)nc1C(C)=O. The number of aromatic nitrogens is 2. The molecule has 5 heteroatoms. The molecule has 13 heavy (non-hydrogen) atoms. The van der Waals surface area contributed by atoms with E-state index >= 15 is 0 Å². The van der Waals surface area contributed by atoms with Gasteiger partial charge in [-0.05, 0) is 0 Å². The quantitative estimate of drug-likeness (QED) is 0.603. The Hall–Kier alpha value is -1.65. The number of methoxy groups -OCH3 is 1. The van der Waals surface area contributed by atoms with Crippen molar-refractivity contribution in [2.45, 2.75) is 6.92 Å². The van der Waals surface area contributed by atoms with Crippen molar-refractivity contribution in [3.8, 4) is 5.75 Å². The van der Waals surface area contributed by atoms with Gasteiger partial charge in [0.2, 0.25) is 0 Å². The Morgan fingerprint density at radius 1 is 1.62 bits per heavy atom. The van der Waals surface area contributed by atoms with E-state index in [-0.39, 0.29) is 22.8 Å². The van der Waals surface area contributed by atoms with Crippen LogP contribution in [0.5, 0.6) is 5.75 Å². The fraction of sp³-hybridized carbons (Fsp3) is 0.375. The average molecular weight is 182 g/mol. The minimum atomic E-state index is -0.304. The molecular weight excluding hydrogens is 172 g/mol. The Bertz CT molecular complexity index is 395. The van der Waals surface area contributed by atoms with Crippen molar-refractivity contribution >= 4 is 5.78 Å². The third-order valence-corrected chi connectivity index (χ3v) is 1.61. The van der Waals surface area contributed by atoms with Crippen LogP contribution in [0.4, 0.5) is 0 Å². The molecule has 5 nitrogen and oxygen atoms in total. The molecule has 0 N–H and O–H groups in total. The molecule has 0 aromatic carbocycles. The fourth-order valence-corrected chi connectivity index (χ4v) is 0.922. The van der Waals surface area contributed by atoms with E-state index in [0.717, 1.165) is 4.68 Å². The second-order valence-electron chi connectivity index (χ2n) is 2.58. The minimum Gasteiger partial charge on any atom is -0.494 e. The number of rotatable bonds is 2. The standard InChI is InChI=1S/C8H10N2O3/c1-5(11)8-6(13-3)4-7(12)10(2)9-8/h4H,1-3H3. The second kappa shape index (κ2) is 3.38. The normalized spacial score (nSPS) is 9.77. The number of ether oxygens (including phenoxy) is 1. The molecule has 0 saturated carbocycles. The summed E-state index contributed by atoms with van der Waals surface area (Å²) in [6.45, 7) is 1.37. The topological polar surface area (TPSA) is 61.2 Å². The Kier molecular flexibility index (Phi) is 2.46. The summed E-state index contributed by atoms with van der Waals surface area (Å²) in [4.78, 5) is 22.1. The molecule has 0 aliphatic heterocycles. The summed E-state index contributed by atoms with van der Waals surface area (Å²) in [5.41, 5.74) is -0.133. The largest absolute Gasteiger partial charge is 0.494 e. The predicted octanol–water partition coefficient (Wildman–Crippen LogP) is -0.00850. The summed E-state index contributed by atoms with van der Waals surface area (Å²) in [5, 5.41) is 3.77. The van der Waals surface area contributed by atoms with Crippen LogP contribution in [-0.2, 0) is 7.05 Å². The fourth-order valence-electron chi connectivity index (χ4n) is 0.922. The van der Waals surface area contributed by atoms with Gasteiger partial charge in [-0.15, -0.1) is 0 Å². The van der Waals surface area contributed by atoms with Crippen LogP contribution in [0.1, 0.15) is 17.4 Å². The molecule has 1 heterocycles. The zero-order chi connectivity index (χ0) is 10.0. The molecular formula is C8H10N2O3. The molecule has 0 bridgehead atoms. The molecule has 70 valence electrons. The lowest BCUT2D eigenvalue weighted by Gasteiger charge is -2.04. The van der Waals surface area contributed by atoms with Gasteiger partial charge in [0.25, 0.3) is 5.56 Å². The molecule has 0 unspecified atom stereocenters. The van der Waals surface area contributed by atoms with E-state index < -0.39 is 0 Å². The van der Waals surface area contributed by atoms with Crippen LogP contribution < -0.4 is 10.3 Å². The van der Waals surface area contributed by atoms with Crippen molar-refractivity contribution in [3.05, 3.63) is 22.1 Å². The molecule has 0 spiro atoms. The third kappa shape index (κ3) is 1.74. The van der Waals surface area contributed by atoms with Crippen LogP contribution in [0.15, 0.2) is 10.9 Å². The molecule has 1 rings (SSSR count). The average Bonchev–Trinajstić information content (AvgIpc) is 2.08. The highest BCUT2D eigenvalue weighted by Gasteiger charge is 2.11. The highest BCUT2D eigenvalue weighted by molar-refractivity contribution is 5.94. The number of aryl methyl sites for hydroxylation is 1. The van der Waals surface area contributed by atoms with E-state index in [2.05, 4.69) is 5.10 Å². The van der Waals surface area contributed by atoms with Crippen molar-refractivity contribution in [1.29, 1.82) is 0 Å². The molecule has 0 amide bonds. The summed E-state index contributed by atoms with van der Waals surface area (Å²) in [5.74, 6) is -0.0111. The van der Waals surface area contributed by atoms with Gasteiger partial charge in [0.1, 0.15) is 0 Å². The van der Waals surface area contributed by atoms with Crippen LogP contribution >= 0.6 is 0 Å². The van der Waals surface area contributed by atoms with Gasteiger partial charge in [-0.2, -0.15) is 5.10 Å². The highest BCUT2D eigenvalue weighted by Crippen LogP contribution is 2.11. The lowest BCUT2D eigenvalue weighted by molar-refractivity contribution is 0.100. The Labute approximate surface area is 74.9 Å². The van der Waals surface area contributed by atoms with Crippen molar-refractivity contribution in [2.75, 3.05) is 7.11 Å². The lowest BCUT2D eigenvalue weighted by Crippen LogP contribution is -2.21. The van der Waals surface area contributed by atoms with Crippen LogP contribution in [0.2, 0.25) is 0 Å². The molecule has 1 aromatic heterocycles. The number of carbonyl (C=O) groups excluding carboxylic acids is 1. The van der Waals surface area contributed by atoms with Gasteiger partial charge >= 0.3 is 0 Å². The van der Waals surface area contributed by atoms with E-state index in [1.807, 2.05) is 0 Å². The summed E-state index contributed by atoms with van der Waals surface area (Å²) in [7, 11) is 2.87. The van der Waals surface area contributed by atoms with Gasteiger partial charge in [-0.25, -0.2) is 4.68 Å². The highest BCUT2D eigenvalue weighted by atomic mass is 16.5. The van der Waals surface area contributed by atoms with Crippen LogP contribution in [0.25, 0.3) is 0 Å². The number of nitrogens with zero attached hydrogens (tertiary/aromatic N) is 2. The maximum absolute atomic E-state index is 11.1. The first-order chi connectivity index (χ1) is 6.06. The van der Waals surface area contributed by atoms with Crippen molar-refractivity contribution in [2.24, 2.45) is 7.05 Å². The Morgan fingerprint density at radius 3 is 2.69 bits per heavy atom. The lowest BCUT2D eigenvalue weighted by atomic mass is 10.3. The molecule has 0 aliphatic rings. The van der Waals surface area contributed by atoms with Gasteiger partial charge in [0, 0.05) is 20.0 Å². The van der Waals surface area contributed by atoms with E-state index in [1.165, 1.54) is 27.1 Å². The Balaban J connectivity index is 3.42. The summed E-state index contributed by atoms with van der Waals surface area (Å²) < 4.78 is 5.94.